The molecule has 0 N–H and O–H groups in total. The summed E-state index contributed by atoms with van der Waals surface area (Å²) in [7, 11) is 0. The topological polar surface area (TPSA) is 6.48 Å². The van der Waals surface area contributed by atoms with Crippen molar-refractivity contribution in [3.05, 3.63) is 295 Å². The van der Waals surface area contributed by atoms with Gasteiger partial charge in [-0.2, -0.15) is 0 Å². The molecule has 2 heteroatoms. The summed E-state index contributed by atoms with van der Waals surface area (Å²) in [6.07, 6.45) is 19.7. The molecule has 11 rings (SSSR count). The summed E-state index contributed by atoms with van der Waals surface area (Å²) in [5.74, 6) is 0. The molecular formula is C66H50N2. The number of para-hydroxylation sites is 1. The molecule has 0 atom stereocenters. The summed E-state index contributed by atoms with van der Waals surface area (Å²) >= 11 is 0. The second-order valence-electron chi connectivity index (χ2n) is 17.2. The van der Waals surface area contributed by atoms with Crippen LogP contribution in [0, 0.1) is 0 Å². The van der Waals surface area contributed by atoms with Gasteiger partial charge in [-0.15, -0.1) is 0 Å². The van der Waals surface area contributed by atoms with Crippen molar-refractivity contribution in [1.82, 2.24) is 0 Å². The van der Waals surface area contributed by atoms with Crippen molar-refractivity contribution in [2.24, 2.45) is 0 Å². The van der Waals surface area contributed by atoms with Gasteiger partial charge >= 0.3 is 0 Å². The third kappa shape index (κ3) is 8.84. The summed E-state index contributed by atoms with van der Waals surface area (Å²) in [5, 5.41) is 0. The lowest BCUT2D eigenvalue weighted by molar-refractivity contribution is 1.28. The molecule has 0 unspecified atom stereocenters. The van der Waals surface area contributed by atoms with E-state index >= 15 is 0 Å². The Kier molecular flexibility index (Phi) is 12.0. The van der Waals surface area contributed by atoms with E-state index in [1.165, 1.54) is 55.7 Å². The average molecular weight is 871 g/mol. The molecule has 0 amide bonds. The Labute approximate surface area is 400 Å². The van der Waals surface area contributed by atoms with Crippen LogP contribution in [0.2, 0.25) is 0 Å². The molecule has 2 aliphatic rings. The normalized spacial score (nSPS) is 12.9. The molecule has 0 aliphatic heterocycles. The third-order valence-electron chi connectivity index (χ3n) is 12.9. The second-order valence-corrected chi connectivity index (χ2v) is 17.2. The first-order valence-electron chi connectivity index (χ1n) is 23.5. The molecule has 324 valence electrons. The van der Waals surface area contributed by atoms with E-state index in [-0.39, 0.29) is 0 Å². The molecule has 0 fully saturated rings. The summed E-state index contributed by atoms with van der Waals surface area (Å²) in [6.45, 7) is 0. The van der Waals surface area contributed by atoms with Crippen LogP contribution in [0.5, 0.6) is 0 Å². The Bertz CT molecular complexity index is 3320. The van der Waals surface area contributed by atoms with Gasteiger partial charge in [0.1, 0.15) is 0 Å². The van der Waals surface area contributed by atoms with Gasteiger partial charge in [-0.25, -0.2) is 0 Å². The molecule has 0 saturated heterocycles. The van der Waals surface area contributed by atoms with Crippen molar-refractivity contribution in [3.8, 4) is 33.4 Å². The number of anilines is 6. The van der Waals surface area contributed by atoms with Crippen molar-refractivity contribution in [1.29, 1.82) is 0 Å². The summed E-state index contributed by atoms with van der Waals surface area (Å²) < 4.78 is 0. The van der Waals surface area contributed by atoms with Crippen LogP contribution in [0.3, 0.4) is 0 Å². The van der Waals surface area contributed by atoms with Crippen LogP contribution >= 0.6 is 0 Å². The van der Waals surface area contributed by atoms with E-state index in [1.54, 1.807) is 0 Å². The maximum Gasteiger partial charge on any atom is 0.0468 e. The van der Waals surface area contributed by atoms with Crippen LogP contribution in [-0.2, 0) is 0 Å². The number of rotatable bonds is 11. The van der Waals surface area contributed by atoms with Gasteiger partial charge in [0.25, 0.3) is 0 Å². The maximum atomic E-state index is 2.39. The summed E-state index contributed by atoms with van der Waals surface area (Å²) in [5.41, 5.74) is 21.0. The summed E-state index contributed by atoms with van der Waals surface area (Å²) in [6, 6.07) is 83.6. The van der Waals surface area contributed by atoms with Gasteiger partial charge in [0, 0.05) is 34.1 Å². The number of hydrogen-bond acceptors (Lipinski definition) is 2. The fourth-order valence-electron chi connectivity index (χ4n) is 9.49. The number of allylic oxidation sites excluding steroid dienone is 8. The average Bonchev–Trinajstić information content (AvgIpc) is 3.83. The Morgan fingerprint density at radius 3 is 1.43 bits per heavy atom. The smallest absolute Gasteiger partial charge is 0.0468 e. The maximum absolute atomic E-state index is 2.39. The van der Waals surface area contributed by atoms with Crippen molar-refractivity contribution < 1.29 is 0 Å². The number of fused-ring (bicyclic) bond motifs is 1. The molecule has 68 heavy (non-hydrogen) atoms. The Morgan fingerprint density at radius 2 is 0.765 bits per heavy atom. The van der Waals surface area contributed by atoms with Crippen molar-refractivity contribution >= 4 is 51.3 Å². The van der Waals surface area contributed by atoms with Gasteiger partial charge in [0.2, 0.25) is 0 Å². The van der Waals surface area contributed by atoms with Crippen LogP contribution in [0.25, 0.3) is 50.6 Å². The molecular weight excluding hydrogens is 821 g/mol. The lowest BCUT2D eigenvalue weighted by Crippen LogP contribution is -2.10. The van der Waals surface area contributed by atoms with Crippen molar-refractivity contribution in [2.75, 3.05) is 9.80 Å². The number of nitrogens with zero attached hydrogens (tertiary/aromatic N) is 2. The van der Waals surface area contributed by atoms with Crippen LogP contribution < -0.4 is 9.80 Å². The largest absolute Gasteiger partial charge is 0.311 e. The molecule has 2 nitrogen and oxygen atoms in total. The van der Waals surface area contributed by atoms with Gasteiger partial charge in [-0.3, -0.25) is 0 Å². The molecule has 0 aromatic heterocycles. The highest BCUT2D eigenvalue weighted by Gasteiger charge is 2.19. The highest BCUT2D eigenvalue weighted by molar-refractivity contribution is 5.91. The van der Waals surface area contributed by atoms with Crippen LogP contribution in [-0.4, -0.2) is 0 Å². The van der Waals surface area contributed by atoms with Crippen LogP contribution in [0.1, 0.15) is 35.1 Å². The minimum Gasteiger partial charge on any atom is -0.311 e. The van der Waals surface area contributed by atoms with E-state index in [0.717, 1.165) is 58.1 Å². The van der Waals surface area contributed by atoms with E-state index < -0.39 is 0 Å². The monoisotopic (exact) mass is 870 g/mol. The molecule has 0 saturated carbocycles. The van der Waals surface area contributed by atoms with Crippen molar-refractivity contribution in [2.45, 2.75) is 12.8 Å². The predicted octanol–water partition coefficient (Wildman–Crippen LogP) is 18.4. The van der Waals surface area contributed by atoms with Crippen LogP contribution in [0.15, 0.2) is 273 Å². The summed E-state index contributed by atoms with van der Waals surface area (Å²) in [4.78, 5) is 4.72. The van der Waals surface area contributed by atoms with Crippen LogP contribution in [0.4, 0.5) is 34.1 Å². The minimum atomic E-state index is 0.900. The minimum absolute atomic E-state index is 0.900. The lowest BCUT2D eigenvalue weighted by Gasteiger charge is -2.28. The number of hydrogen-bond donors (Lipinski definition) is 0. The quantitative estimate of drug-likeness (QED) is 0.128. The number of benzene rings is 9. The third-order valence-corrected chi connectivity index (χ3v) is 12.9. The highest BCUT2D eigenvalue weighted by atomic mass is 15.1. The van der Waals surface area contributed by atoms with E-state index in [9.17, 15) is 0 Å². The molecule has 9 aromatic carbocycles. The standard InChI is InChI=1S/C66H50N2/c1-2-7-19-49(18-6-1)52-32-40-60(41-33-52)68(61-44-34-55(35-45-61)64-29-17-15-25-53-24-14-16-28-63(53)64)62-46-47-65(66(48-62)54-22-10-4-11-23-54)56-36-42-59(43-37-56)67(57-26-12-5-13-27-57)58-38-30-51(31-39-58)50-20-8-3-9-21-50/h1,3-16,18-48H,2,17H2. The first-order chi connectivity index (χ1) is 33.7. The molecule has 9 aromatic rings. The fourth-order valence-corrected chi connectivity index (χ4v) is 9.49. The van der Waals surface area contributed by atoms with Gasteiger partial charge < -0.3 is 9.80 Å². The SMILES string of the molecule is C1=CCC=CC(c2ccc(N(c3ccc(C4=CCC=Cc5ccccc54)cc3)c3ccc(-c4ccc(N(c5ccccc5)c5ccc(-c6ccccc6)cc5)cc4)c(-c4ccccc4)c3)cc2)=C1. The first-order valence-corrected chi connectivity index (χ1v) is 23.5. The fraction of sp³-hybridized carbons (Fsp3) is 0.0303. The Hall–Kier alpha value is -8.72. The van der Waals surface area contributed by atoms with E-state index in [2.05, 4.69) is 289 Å². The molecule has 2 aliphatic carbocycles. The first kappa shape index (κ1) is 41.9. The molecule has 0 bridgehead atoms. The lowest BCUT2D eigenvalue weighted by atomic mass is 9.93. The van der Waals surface area contributed by atoms with Gasteiger partial charge in [0.05, 0.1) is 0 Å². The molecule has 0 heterocycles. The predicted molar refractivity (Wildman–Crippen MR) is 290 cm³/mol. The zero-order chi connectivity index (χ0) is 45.5. The highest BCUT2D eigenvalue weighted by Crippen LogP contribution is 2.43. The second kappa shape index (κ2) is 19.4. The zero-order valence-corrected chi connectivity index (χ0v) is 37.9. The Balaban J connectivity index is 0.984. The molecule has 0 spiro atoms. The van der Waals surface area contributed by atoms with E-state index in [0.29, 0.717) is 0 Å². The zero-order valence-electron chi connectivity index (χ0n) is 37.9. The van der Waals surface area contributed by atoms with Gasteiger partial charge in [-0.05, 0) is 152 Å². The van der Waals surface area contributed by atoms with Gasteiger partial charge in [0.15, 0.2) is 0 Å². The molecule has 0 radical (unpaired) electrons. The van der Waals surface area contributed by atoms with E-state index in [4.69, 9.17) is 0 Å². The Morgan fingerprint density at radius 1 is 0.294 bits per heavy atom. The van der Waals surface area contributed by atoms with Crippen molar-refractivity contribution in [3.63, 3.8) is 0 Å². The van der Waals surface area contributed by atoms with E-state index in [1.807, 2.05) is 0 Å². The van der Waals surface area contributed by atoms with Gasteiger partial charge in [-0.1, -0.05) is 206 Å².